The van der Waals surface area contributed by atoms with Crippen LogP contribution in [0.15, 0.2) is 0 Å². The molecule has 0 bridgehead atoms. The first-order valence-corrected chi connectivity index (χ1v) is 8.66. The van der Waals surface area contributed by atoms with Gasteiger partial charge in [-0.3, -0.25) is 4.79 Å². The van der Waals surface area contributed by atoms with Crippen LogP contribution in [0.5, 0.6) is 0 Å². The Hall–Kier alpha value is -0.610. The lowest BCUT2D eigenvalue weighted by atomic mass is 9.58. The molecule has 3 unspecified atom stereocenters. The van der Waals surface area contributed by atoms with Crippen LogP contribution in [-0.4, -0.2) is 38.3 Å². The summed E-state index contributed by atoms with van der Waals surface area (Å²) in [4.78, 5) is 12.6. The van der Waals surface area contributed by atoms with Crippen molar-refractivity contribution in [3.8, 4) is 0 Å². The minimum absolute atomic E-state index is 0.153. The maximum absolute atomic E-state index is 12.6. The third-order valence-corrected chi connectivity index (χ3v) is 6.81. The third kappa shape index (κ3) is 2.31. The van der Waals surface area contributed by atoms with Crippen LogP contribution in [0.1, 0.15) is 52.4 Å². The van der Waals surface area contributed by atoms with E-state index in [0.29, 0.717) is 23.5 Å². The Morgan fingerprint density at radius 1 is 1.29 bits per heavy atom. The Bertz CT molecular complexity index is 400. The lowest BCUT2D eigenvalue weighted by molar-refractivity contribution is -0.142. The van der Waals surface area contributed by atoms with Crippen molar-refractivity contribution in [3.63, 3.8) is 0 Å². The minimum atomic E-state index is 0.153. The summed E-state index contributed by atoms with van der Waals surface area (Å²) in [6, 6.07) is 0.310. The molecule has 21 heavy (non-hydrogen) atoms. The Labute approximate surface area is 128 Å². The Kier molecular flexibility index (Phi) is 4.04. The molecule has 1 heterocycles. The van der Waals surface area contributed by atoms with Gasteiger partial charge < -0.3 is 15.4 Å². The van der Waals surface area contributed by atoms with Crippen LogP contribution < -0.4 is 10.6 Å². The molecule has 3 aliphatic rings. The van der Waals surface area contributed by atoms with Crippen LogP contribution >= 0.6 is 0 Å². The maximum Gasteiger partial charge on any atom is 0.223 e. The summed E-state index contributed by atoms with van der Waals surface area (Å²) in [5.74, 6) is 0.579. The van der Waals surface area contributed by atoms with Gasteiger partial charge in [0.25, 0.3) is 0 Å². The van der Waals surface area contributed by atoms with Gasteiger partial charge in [-0.25, -0.2) is 0 Å². The van der Waals surface area contributed by atoms with E-state index in [-0.39, 0.29) is 11.3 Å². The molecule has 1 spiro atoms. The maximum atomic E-state index is 12.6. The monoisotopic (exact) mass is 294 g/mol. The van der Waals surface area contributed by atoms with Gasteiger partial charge in [0.1, 0.15) is 0 Å². The van der Waals surface area contributed by atoms with Gasteiger partial charge in [0, 0.05) is 24.5 Å². The summed E-state index contributed by atoms with van der Waals surface area (Å²) in [7, 11) is 1.80. The zero-order valence-corrected chi connectivity index (χ0v) is 13.7. The smallest absolute Gasteiger partial charge is 0.223 e. The fourth-order valence-corrected chi connectivity index (χ4v) is 4.95. The second-order valence-corrected chi connectivity index (χ2v) is 7.33. The summed E-state index contributed by atoms with van der Waals surface area (Å²) >= 11 is 0. The van der Waals surface area contributed by atoms with Crippen molar-refractivity contribution in [2.75, 3.05) is 20.2 Å². The fraction of sp³-hybridized carbons (Fsp3) is 0.941. The van der Waals surface area contributed by atoms with Gasteiger partial charge in [-0.2, -0.15) is 0 Å². The van der Waals surface area contributed by atoms with Crippen LogP contribution in [-0.2, 0) is 9.53 Å². The number of carbonyl (C=O) groups excluding carboxylic acids is 1. The second kappa shape index (κ2) is 5.54. The average molecular weight is 294 g/mol. The van der Waals surface area contributed by atoms with Crippen LogP contribution in [0.4, 0.5) is 0 Å². The summed E-state index contributed by atoms with van der Waals surface area (Å²) < 4.78 is 5.62. The molecular formula is C17H30N2O2. The van der Waals surface area contributed by atoms with Crippen LogP contribution in [0, 0.1) is 16.7 Å². The number of methoxy groups -OCH3 is 1. The lowest BCUT2D eigenvalue weighted by Crippen LogP contribution is -2.64. The van der Waals surface area contributed by atoms with Crippen molar-refractivity contribution in [2.24, 2.45) is 16.7 Å². The van der Waals surface area contributed by atoms with Crippen molar-refractivity contribution in [2.45, 2.75) is 64.5 Å². The van der Waals surface area contributed by atoms with E-state index < -0.39 is 0 Å². The first-order chi connectivity index (χ1) is 10.1. The molecule has 3 fully saturated rings. The molecule has 0 aromatic carbocycles. The summed E-state index contributed by atoms with van der Waals surface area (Å²) in [5, 5.41) is 6.77. The van der Waals surface area contributed by atoms with Crippen LogP contribution in [0.2, 0.25) is 0 Å². The molecule has 4 nitrogen and oxygen atoms in total. The average Bonchev–Trinajstić information content (AvgIpc) is 3.18. The molecular weight excluding hydrogens is 264 g/mol. The summed E-state index contributed by atoms with van der Waals surface area (Å²) in [5.41, 5.74) is 0.488. The molecule has 2 N–H and O–H groups in total. The van der Waals surface area contributed by atoms with E-state index in [0.717, 1.165) is 38.8 Å². The van der Waals surface area contributed by atoms with E-state index in [1.54, 1.807) is 7.11 Å². The van der Waals surface area contributed by atoms with Crippen LogP contribution in [0.3, 0.4) is 0 Å². The summed E-state index contributed by atoms with van der Waals surface area (Å²) in [6.45, 7) is 6.60. The van der Waals surface area contributed by atoms with Crippen molar-refractivity contribution >= 4 is 5.91 Å². The molecule has 1 amide bonds. The van der Waals surface area contributed by atoms with Gasteiger partial charge in [-0.1, -0.05) is 13.8 Å². The highest BCUT2D eigenvalue weighted by atomic mass is 16.5. The molecule has 2 aliphatic carbocycles. The standard InChI is InChI=1S/C17H30N2O2/c1-4-17(5-2)13(10-14(17)21-3)19-15(20)12-11-16(12)6-8-18-9-7-16/h12-14,18H,4-11H2,1-3H3,(H,19,20). The van der Waals surface area contributed by atoms with E-state index >= 15 is 0 Å². The number of amides is 1. The predicted octanol–water partition coefficient (Wildman–Crippen LogP) is 2.09. The SMILES string of the molecule is CCC1(CC)C(NC(=O)C2CC23CCNCC3)CC1OC. The number of hydrogen-bond acceptors (Lipinski definition) is 3. The number of hydrogen-bond donors (Lipinski definition) is 2. The first-order valence-electron chi connectivity index (χ1n) is 8.66. The van der Waals surface area contributed by atoms with Gasteiger partial charge in [-0.15, -0.1) is 0 Å². The van der Waals surface area contributed by atoms with E-state index in [1.165, 1.54) is 12.8 Å². The number of ether oxygens (including phenoxy) is 1. The van der Waals surface area contributed by atoms with Crippen molar-refractivity contribution < 1.29 is 9.53 Å². The molecule has 1 aliphatic heterocycles. The normalized spacial score (nSPS) is 36.0. The Morgan fingerprint density at radius 2 is 1.95 bits per heavy atom. The van der Waals surface area contributed by atoms with E-state index in [9.17, 15) is 4.79 Å². The largest absolute Gasteiger partial charge is 0.381 e. The van der Waals surface area contributed by atoms with E-state index in [2.05, 4.69) is 24.5 Å². The van der Waals surface area contributed by atoms with Crippen molar-refractivity contribution in [1.29, 1.82) is 0 Å². The molecule has 1 saturated heterocycles. The number of nitrogens with one attached hydrogen (secondary N) is 2. The highest BCUT2D eigenvalue weighted by Crippen LogP contribution is 2.59. The molecule has 0 radical (unpaired) electrons. The quantitative estimate of drug-likeness (QED) is 0.816. The summed E-state index contributed by atoms with van der Waals surface area (Å²) in [6.07, 6.45) is 6.88. The first kappa shape index (κ1) is 15.3. The lowest BCUT2D eigenvalue weighted by Gasteiger charge is -2.55. The van der Waals surface area contributed by atoms with Crippen LogP contribution in [0.25, 0.3) is 0 Å². The zero-order valence-electron chi connectivity index (χ0n) is 13.7. The molecule has 0 aromatic rings. The molecule has 120 valence electrons. The molecule has 4 heteroatoms. The van der Waals surface area contributed by atoms with Crippen molar-refractivity contribution in [3.05, 3.63) is 0 Å². The fourth-order valence-electron chi connectivity index (χ4n) is 4.95. The molecule has 3 atom stereocenters. The number of rotatable bonds is 5. The Balaban J connectivity index is 1.59. The zero-order chi connectivity index (χ0) is 15.1. The van der Waals surface area contributed by atoms with Gasteiger partial charge in [0.05, 0.1) is 6.10 Å². The predicted molar refractivity (Wildman–Crippen MR) is 83.0 cm³/mol. The van der Waals surface area contributed by atoms with Gasteiger partial charge in [0.2, 0.25) is 5.91 Å². The minimum Gasteiger partial charge on any atom is -0.381 e. The number of carbonyl (C=O) groups is 1. The topological polar surface area (TPSA) is 50.4 Å². The molecule has 2 saturated carbocycles. The third-order valence-electron chi connectivity index (χ3n) is 6.81. The van der Waals surface area contributed by atoms with Gasteiger partial charge in [0.15, 0.2) is 0 Å². The second-order valence-electron chi connectivity index (χ2n) is 7.33. The Morgan fingerprint density at radius 3 is 2.52 bits per heavy atom. The van der Waals surface area contributed by atoms with Crippen molar-refractivity contribution in [1.82, 2.24) is 10.6 Å². The van der Waals surface area contributed by atoms with E-state index in [4.69, 9.17) is 4.74 Å². The number of piperidine rings is 1. The van der Waals surface area contributed by atoms with Gasteiger partial charge in [-0.05, 0) is 57.0 Å². The van der Waals surface area contributed by atoms with E-state index in [1.807, 2.05) is 0 Å². The molecule has 3 rings (SSSR count). The van der Waals surface area contributed by atoms with Gasteiger partial charge >= 0.3 is 0 Å². The highest BCUT2D eigenvalue weighted by Gasteiger charge is 2.60. The molecule has 0 aromatic heterocycles. The highest BCUT2D eigenvalue weighted by molar-refractivity contribution is 5.83.